The summed E-state index contributed by atoms with van der Waals surface area (Å²) in [5, 5.41) is 10.9. The van der Waals surface area contributed by atoms with Crippen LogP contribution >= 0.6 is 7.82 Å². The Labute approximate surface area is 217 Å². The van der Waals surface area contributed by atoms with E-state index in [-0.39, 0.29) is 28.3 Å². The lowest BCUT2D eigenvalue weighted by Crippen LogP contribution is -2.25. The maximum Gasteiger partial charge on any atom is 0.584 e. The summed E-state index contributed by atoms with van der Waals surface area (Å²) in [5.74, 6) is 0.149. The predicted molar refractivity (Wildman–Crippen MR) is 148 cm³/mol. The van der Waals surface area contributed by atoms with E-state index in [4.69, 9.17) is 9.05 Å². The second-order valence-corrected chi connectivity index (χ2v) is 15.6. The number of hydrogen-bond donors (Lipinski definition) is 2. The largest absolute Gasteiger partial charge is 0.584 e. The molecule has 2 aromatic carbocycles. The van der Waals surface area contributed by atoms with Gasteiger partial charge in [0.25, 0.3) is 0 Å². The number of aliphatic hydroxyl groups excluding tert-OH is 1. The van der Waals surface area contributed by atoms with E-state index >= 15 is 0 Å². The second kappa shape index (κ2) is 8.89. The zero-order valence-electron chi connectivity index (χ0n) is 24.2. The highest BCUT2D eigenvalue weighted by Gasteiger charge is 2.41. The molecule has 0 saturated carbocycles. The first-order valence-electron chi connectivity index (χ1n) is 12.8. The number of rotatable bonds is 1. The summed E-state index contributed by atoms with van der Waals surface area (Å²) in [5.41, 5.74) is 4.08. The van der Waals surface area contributed by atoms with Crippen LogP contribution in [0.25, 0.3) is 0 Å². The molecule has 2 N–H and O–H groups in total. The maximum absolute atomic E-state index is 13.5. The van der Waals surface area contributed by atoms with Crippen LogP contribution in [0.5, 0.6) is 11.5 Å². The van der Waals surface area contributed by atoms with Crippen molar-refractivity contribution in [3.05, 3.63) is 57.6 Å². The molecule has 200 valence electrons. The smallest absolute Gasteiger partial charge is 0.395 e. The van der Waals surface area contributed by atoms with Crippen LogP contribution in [-0.2, 0) is 26.2 Å². The zero-order valence-corrected chi connectivity index (χ0v) is 25.1. The molecule has 5 nitrogen and oxygen atoms in total. The third-order valence-electron chi connectivity index (χ3n) is 6.93. The molecule has 0 atom stereocenters. The first-order chi connectivity index (χ1) is 16.1. The van der Waals surface area contributed by atoms with Gasteiger partial charge in [-0.25, -0.2) is 4.57 Å². The fraction of sp³-hybridized carbons (Fsp3) is 0.600. The summed E-state index contributed by atoms with van der Waals surface area (Å²) in [6.45, 7) is 25.0. The predicted octanol–water partition coefficient (Wildman–Crippen LogP) is 7.87. The van der Waals surface area contributed by atoms with Gasteiger partial charge in [-0.15, -0.1) is 0 Å². The third kappa shape index (κ3) is 5.69. The van der Waals surface area contributed by atoms with Crippen LogP contribution < -0.4 is 9.05 Å². The van der Waals surface area contributed by atoms with E-state index in [0.29, 0.717) is 22.6 Å². The Morgan fingerprint density at radius 3 is 1.25 bits per heavy atom. The molecule has 0 amide bonds. The van der Waals surface area contributed by atoms with Crippen molar-refractivity contribution in [3.8, 4) is 11.5 Å². The van der Waals surface area contributed by atoms with Crippen LogP contribution in [0.4, 0.5) is 0 Å². The summed E-state index contributed by atoms with van der Waals surface area (Å²) in [6, 6.07) is 8.17. The van der Waals surface area contributed by atoms with E-state index in [1.54, 1.807) is 0 Å². The molecule has 1 aliphatic rings. The molecule has 0 unspecified atom stereocenters. The van der Waals surface area contributed by atoms with Crippen LogP contribution in [0.15, 0.2) is 24.3 Å². The monoisotopic (exact) mass is 516 g/mol. The molecule has 0 aromatic heterocycles. The van der Waals surface area contributed by atoms with Gasteiger partial charge in [-0.3, -0.25) is 4.89 Å². The normalized spacial score (nSPS) is 21.0. The molecule has 3 rings (SSSR count). The van der Waals surface area contributed by atoms with E-state index in [0.717, 1.165) is 22.3 Å². The van der Waals surface area contributed by atoms with Crippen molar-refractivity contribution in [2.75, 3.05) is 6.61 Å². The highest BCUT2D eigenvalue weighted by molar-refractivity contribution is 7.48. The molecule has 1 aliphatic heterocycles. The van der Waals surface area contributed by atoms with Gasteiger partial charge in [0.2, 0.25) is 0 Å². The SMILES string of the molecule is CC(C)(C)c1cc2c(c(C(C)(C)C)c1)OP(=O)(O)Oc1c(cc(C(C)(C)C)cc1C(C)(C)C)C2CO. The van der Waals surface area contributed by atoms with Crippen molar-refractivity contribution in [2.45, 2.75) is 111 Å². The lowest BCUT2D eigenvalue weighted by atomic mass is 9.74. The summed E-state index contributed by atoms with van der Waals surface area (Å²) in [6.07, 6.45) is 0. The molecule has 36 heavy (non-hydrogen) atoms. The number of benzene rings is 2. The molecule has 6 heteroatoms. The molecule has 0 aliphatic carbocycles. The van der Waals surface area contributed by atoms with Gasteiger partial charge in [-0.2, -0.15) is 0 Å². The number of aliphatic hydroxyl groups is 1. The molecule has 0 bridgehead atoms. The first kappa shape index (κ1) is 28.8. The topological polar surface area (TPSA) is 76.0 Å². The van der Waals surface area contributed by atoms with E-state index in [2.05, 4.69) is 95.2 Å². The minimum Gasteiger partial charge on any atom is -0.395 e. The molecule has 0 radical (unpaired) electrons. The molecule has 2 aromatic rings. The number of phosphoric ester groups is 1. The Morgan fingerprint density at radius 1 is 0.667 bits per heavy atom. The van der Waals surface area contributed by atoms with Crippen LogP contribution in [0, 0.1) is 0 Å². The van der Waals surface area contributed by atoms with Gasteiger partial charge in [0.1, 0.15) is 11.5 Å². The molecule has 0 spiro atoms. The minimum absolute atomic E-state index is 0.177. The molecular formula is C30H45O5P. The van der Waals surface area contributed by atoms with E-state index in [9.17, 15) is 14.6 Å². The standard InChI is InChI=1S/C30H45O5P/c1-27(2,3)18-13-20-22(17-31)21-14-19(28(4,5)6)16-24(30(10,11)12)26(21)35-36(32,33)34-25(20)23(15-18)29(7,8)9/h13-16,22,31H,17H2,1-12H3,(H,32,33). The molecular weight excluding hydrogens is 471 g/mol. The second-order valence-electron chi connectivity index (χ2n) is 14.3. The Bertz CT molecular complexity index is 1110. The van der Waals surface area contributed by atoms with Gasteiger partial charge in [0.05, 0.1) is 6.61 Å². The Balaban J connectivity index is 2.55. The van der Waals surface area contributed by atoms with Crippen molar-refractivity contribution >= 4 is 7.82 Å². The minimum atomic E-state index is -4.55. The first-order valence-corrected chi connectivity index (χ1v) is 14.3. The van der Waals surface area contributed by atoms with E-state index in [1.807, 2.05) is 12.1 Å². The van der Waals surface area contributed by atoms with Crippen LogP contribution in [0.1, 0.15) is 122 Å². The van der Waals surface area contributed by atoms with E-state index < -0.39 is 13.7 Å². The molecule has 1 heterocycles. The fourth-order valence-corrected chi connectivity index (χ4v) is 5.52. The summed E-state index contributed by atoms with van der Waals surface area (Å²) in [4.78, 5) is 11.0. The summed E-state index contributed by atoms with van der Waals surface area (Å²) in [7, 11) is -4.55. The Kier molecular flexibility index (Phi) is 7.10. The number of hydrogen-bond acceptors (Lipinski definition) is 4. The number of phosphoric acid groups is 1. The highest BCUT2D eigenvalue weighted by Crippen LogP contribution is 2.57. The van der Waals surface area contributed by atoms with Gasteiger partial charge in [-0.1, -0.05) is 107 Å². The van der Waals surface area contributed by atoms with Gasteiger partial charge >= 0.3 is 7.82 Å². The van der Waals surface area contributed by atoms with Crippen LogP contribution in [0.2, 0.25) is 0 Å². The summed E-state index contributed by atoms with van der Waals surface area (Å²) < 4.78 is 25.3. The van der Waals surface area contributed by atoms with Crippen molar-refractivity contribution in [1.82, 2.24) is 0 Å². The third-order valence-corrected chi connectivity index (χ3v) is 7.76. The molecule has 0 saturated heterocycles. The van der Waals surface area contributed by atoms with Crippen molar-refractivity contribution in [2.24, 2.45) is 0 Å². The average Bonchev–Trinajstić information content (AvgIpc) is 2.65. The van der Waals surface area contributed by atoms with Gasteiger partial charge in [-0.05, 0) is 32.8 Å². The van der Waals surface area contributed by atoms with Crippen LogP contribution in [0.3, 0.4) is 0 Å². The van der Waals surface area contributed by atoms with Crippen molar-refractivity contribution in [1.29, 1.82) is 0 Å². The summed E-state index contributed by atoms with van der Waals surface area (Å²) >= 11 is 0. The van der Waals surface area contributed by atoms with Gasteiger partial charge in [0.15, 0.2) is 0 Å². The lowest BCUT2D eigenvalue weighted by molar-refractivity contribution is 0.256. The lowest BCUT2D eigenvalue weighted by Gasteiger charge is -2.36. The Hall–Kier alpha value is -1.81. The van der Waals surface area contributed by atoms with Crippen molar-refractivity contribution < 1.29 is 23.6 Å². The maximum atomic E-state index is 13.5. The molecule has 0 fully saturated rings. The van der Waals surface area contributed by atoms with E-state index in [1.165, 1.54) is 0 Å². The van der Waals surface area contributed by atoms with Gasteiger partial charge < -0.3 is 14.2 Å². The quantitative estimate of drug-likeness (QED) is 0.377. The van der Waals surface area contributed by atoms with Crippen molar-refractivity contribution in [3.63, 3.8) is 0 Å². The Morgan fingerprint density at radius 2 is 1.00 bits per heavy atom. The number of fused-ring (bicyclic) bond motifs is 2. The van der Waals surface area contributed by atoms with Gasteiger partial charge in [0, 0.05) is 28.2 Å². The fourth-order valence-electron chi connectivity index (χ4n) is 4.62. The van der Waals surface area contributed by atoms with Crippen LogP contribution in [-0.4, -0.2) is 16.6 Å². The zero-order chi connectivity index (χ0) is 27.6. The highest BCUT2D eigenvalue weighted by atomic mass is 31.2. The average molecular weight is 517 g/mol.